The highest BCUT2D eigenvalue weighted by molar-refractivity contribution is 5.82. The van der Waals surface area contributed by atoms with E-state index in [1.165, 1.54) is 6.92 Å². The van der Waals surface area contributed by atoms with Crippen LogP contribution in [-0.4, -0.2) is 29.7 Å². The van der Waals surface area contributed by atoms with Crippen molar-refractivity contribution in [3.63, 3.8) is 0 Å². The molecule has 0 radical (unpaired) electrons. The fraction of sp³-hybridized carbons (Fsp3) is 0.800. The minimum atomic E-state index is -1.03. The number of carbonyl (C=O) groups excluding carboxylic acids is 1. The molecule has 0 aliphatic rings. The first-order valence-corrected chi connectivity index (χ1v) is 5.28. The summed E-state index contributed by atoms with van der Waals surface area (Å²) in [5.41, 5.74) is 0. The van der Waals surface area contributed by atoms with Gasteiger partial charge in [0.15, 0.2) is 0 Å². The van der Waals surface area contributed by atoms with Crippen molar-refractivity contribution >= 4 is 12.0 Å². The second kappa shape index (κ2) is 7.09. The van der Waals surface area contributed by atoms with Crippen molar-refractivity contribution in [1.29, 1.82) is 0 Å². The molecular formula is C10H20N2O3. The number of hydrogen-bond acceptors (Lipinski definition) is 2. The van der Waals surface area contributed by atoms with Crippen LogP contribution in [-0.2, 0) is 4.79 Å². The zero-order chi connectivity index (χ0) is 11.8. The Hall–Kier alpha value is -1.26. The van der Waals surface area contributed by atoms with Crippen molar-refractivity contribution < 1.29 is 14.7 Å². The van der Waals surface area contributed by atoms with E-state index < -0.39 is 18.0 Å². The highest BCUT2D eigenvalue weighted by Crippen LogP contribution is 2.04. The standard InChI is InChI=1S/C10H20N2O3/c1-4-8(5-2)6-11-10(15)12-7(3)9(13)14/h7-8H,4-6H2,1-3H3,(H,13,14)(H2,11,12,15). The SMILES string of the molecule is CCC(CC)CNC(=O)NC(C)C(=O)O. The maximum absolute atomic E-state index is 11.2. The fourth-order valence-electron chi connectivity index (χ4n) is 1.12. The zero-order valence-electron chi connectivity index (χ0n) is 9.54. The molecule has 3 N–H and O–H groups in total. The van der Waals surface area contributed by atoms with Crippen molar-refractivity contribution in [1.82, 2.24) is 10.6 Å². The second-order valence-corrected chi connectivity index (χ2v) is 3.60. The van der Waals surface area contributed by atoms with Crippen molar-refractivity contribution in [2.75, 3.05) is 6.54 Å². The van der Waals surface area contributed by atoms with Gasteiger partial charge >= 0.3 is 12.0 Å². The first kappa shape index (κ1) is 13.7. The van der Waals surface area contributed by atoms with Gasteiger partial charge in [0.25, 0.3) is 0 Å². The quantitative estimate of drug-likeness (QED) is 0.624. The molecule has 0 bridgehead atoms. The van der Waals surface area contributed by atoms with Crippen LogP contribution in [0.4, 0.5) is 4.79 Å². The van der Waals surface area contributed by atoms with E-state index in [0.717, 1.165) is 12.8 Å². The molecule has 0 spiro atoms. The summed E-state index contributed by atoms with van der Waals surface area (Å²) < 4.78 is 0. The van der Waals surface area contributed by atoms with Crippen molar-refractivity contribution in [2.45, 2.75) is 39.7 Å². The second-order valence-electron chi connectivity index (χ2n) is 3.60. The average Bonchev–Trinajstić information content (AvgIpc) is 2.19. The minimum Gasteiger partial charge on any atom is -0.480 e. The number of carbonyl (C=O) groups is 2. The Morgan fingerprint density at radius 2 is 1.80 bits per heavy atom. The molecule has 0 aliphatic heterocycles. The number of rotatable bonds is 6. The van der Waals surface area contributed by atoms with Gasteiger partial charge in [0.2, 0.25) is 0 Å². The Morgan fingerprint density at radius 3 is 2.20 bits per heavy atom. The van der Waals surface area contributed by atoms with E-state index in [9.17, 15) is 9.59 Å². The van der Waals surface area contributed by atoms with E-state index in [0.29, 0.717) is 12.5 Å². The van der Waals surface area contributed by atoms with Crippen LogP contribution in [0.3, 0.4) is 0 Å². The molecule has 88 valence electrons. The van der Waals surface area contributed by atoms with Gasteiger partial charge in [0, 0.05) is 6.54 Å². The smallest absolute Gasteiger partial charge is 0.325 e. The van der Waals surface area contributed by atoms with Gasteiger partial charge in [-0.2, -0.15) is 0 Å². The molecule has 1 atom stereocenters. The van der Waals surface area contributed by atoms with E-state index >= 15 is 0 Å². The Labute approximate surface area is 90.2 Å². The Morgan fingerprint density at radius 1 is 1.27 bits per heavy atom. The molecule has 0 aliphatic carbocycles. The largest absolute Gasteiger partial charge is 0.480 e. The van der Waals surface area contributed by atoms with Gasteiger partial charge in [0.1, 0.15) is 6.04 Å². The highest BCUT2D eigenvalue weighted by atomic mass is 16.4. The van der Waals surface area contributed by atoms with Crippen LogP contribution in [0.2, 0.25) is 0 Å². The summed E-state index contributed by atoms with van der Waals surface area (Å²) in [6, 6.07) is -1.27. The van der Waals surface area contributed by atoms with Crippen LogP contribution < -0.4 is 10.6 Å². The summed E-state index contributed by atoms with van der Waals surface area (Å²) in [5.74, 6) is -0.580. The average molecular weight is 216 g/mol. The summed E-state index contributed by atoms with van der Waals surface area (Å²) in [7, 11) is 0. The number of carboxylic acids is 1. The van der Waals surface area contributed by atoms with Crippen LogP contribution in [0, 0.1) is 5.92 Å². The Kier molecular flexibility index (Phi) is 6.49. The predicted octanol–water partition coefficient (Wildman–Crippen LogP) is 1.19. The van der Waals surface area contributed by atoms with Gasteiger partial charge in [0.05, 0.1) is 0 Å². The van der Waals surface area contributed by atoms with Crippen LogP contribution in [0.5, 0.6) is 0 Å². The van der Waals surface area contributed by atoms with Gasteiger partial charge in [-0.3, -0.25) is 4.79 Å². The van der Waals surface area contributed by atoms with E-state index in [1.54, 1.807) is 0 Å². The van der Waals surface area contributed by atoms with Crippen LogP contribution in [0.25, 0.3) is 0 Å². The molecule has 0 aromatic carbocycles. The van der Waals surface area contributed by atoms with Gasteiger partial charge < -0.3 is 15.7 Å². The molecule has 5 heteroatoms. The van der Waals surface area contributed by atoms with Crippen LogP contribution >= 0.6 is 0 Å². The van der Waals surface area contributed by atoms with Crippen molar-refractivity contribution in [3.8, 4) is 0 Å². The maximum Gasteiger partial charge on any atom is 0.325 e. The van der Waals surface area contributed by atoms with Crippen LogP contribution in [0.15, 0.2) is 0 Å². The molecule has 1 unspecified atom stereocenters. The monoisotopic (exact) mass is 216 g/mol. The molecule has 0 aromatic heterocycles. The number of urea groups is 1. The lowest BCUT2D eigenvalue weighted by atomic mass is 10.0. The molecular weight excluding hydrogens is 196 g/mol. The van der Waals surface area contributed by atoms with E-state index in [1.807, 2.05) is 0 Å². The third kappa shape index (κ3) is 5.93. The normalized spacial score (nSPS) is 12.3. The molecule has 0 saturated carbocycles. The first-order chi connectivity index (χ1) is 7.01. The minimum absolute atomic E-state index is 0.420. The third-order valence-corrected chi connectivity index (χ3v) is 2.42. The van der Waals surface area contributed by atoms with Gasteiger partial charge in [-0.05, 0) is 12.8 Å². The Bertz CT molecular complexity index is 215. The molecule has 0 heterocycles. The van der Waals surface area contributed by atoms with Gasteiger partial charge in [-0.15, -0.1) is 0 Å². The van der Waals surface area contributed by atoms with Crippen molar-refractivity contribution in [2.24, 2.45) is 5.92 Å². The molecule has 0 aromatic rings. The number of carboxylic acid groups (broad SMARTS) is 1. The molecule has 0 rings (SSSR count). The van der Waals surface area contributed by atoms with Gasteiger partial charge in [-0.25, -0.2) is 4.79 Å². The lowest BCUT2D eigenvalue weighted by molar-refractivity contribution is -0.138. The number of hydrogen-bond donors (Lipinski definition) is 3. The third-order valence-electron chi connectivity index (χ3n) is 2.42. The summed E-state index contributed by atoms with van der Waals surface area (Å²) in [6.07, 6.45) is 2.01. The fourth-order valence-corrected chi connectivity index (χ4v) is 1.12. The molecule has 0 saturated heterocycles. The summed E-state index contributed by atoms with van der Waals surface area (Å²) in [4.78, 5) is 21.7. The number of aliphatic carboxylic acids is 1. The lowest BCUT2D eigenvalue weighted by Gasteiger charge is -2.15. The van der Waals surface area contributed by atoms with E-state index in [2.05, 4.69) is 24.5 Å². The Balaban J connectivity index is 3.79. The van der Waals surface area contributed by atoms with E-state index in [4.69, 9.17) is 5.11 Å². The molecule has 0 fully saturated rings. The van der Waals surface area contributed by atoms with Crippen LogP contribution in [0.1, 0.15) is 33.6 Å². The molecule has 2 amide bonds. The summed E-state index contributed by atoms with van der Waals surface area (Å²) in [6.45, 7) is 6.14. The van der Waals surface area contributed by atoms with E-state index in [-0.39, 0.29) is 0 Å². The number of amides is 2. The highest BCUT2D eigenvalue weighted by Gasteiger charge is 2.14. The number of nitrogens with one attached hydrogen (secondary N) is 2. The summed E-state index contributed by atoms with van der Waals surface area (Å²) in [5, 5.41) is 13.5. The van der Waals surface area contributed by atoms with Crippen molar-refractivity contribution in [3.05, 3.63) is 0 Å². The first-order valence-electron chi connectivity index (χ1n) is 5.28. The molecule has 15 heavy (non-hydrogen) atoms. The summed E-state index contributed by atoms with van der Waals surface area (Å²) >= 11 is 0. The lowest BCUT2D eigenvalue weighted by Crippen LogP contribution is -2.45. The zero-order valence-corrected chi connectivity index (χ0v) is 9.54. The molecule has 5 nitrogen and oxygen atoms in total. The van der Waals surface area contributed by atoms with Gasteiger partial charge in [-0.1, -0.05) is 26.7 Å². The maximum atomic E-state index is 11.2. The predicted molar refractivity (Wildman–Crippen MR) is 57.7 cm³/mol. The topological polar surface area (TPSA) is 78.4 Å².